The number of nitrogen functional groups attached to an aromatic ring is 1. The van der Waals surface area contributed by atoms with Gasteiger partial charge in [0.05, 0.1) is 21.9 Å². The maximum atomic E-state index is 13.3. The van der Waals surface area contributed by atoms with E-state index >= 15 is 0 Å². The Morgan fingerprint density at radius 3 is 2.17 bits per heavy atom. The number of benzene rings is 1. The van der Waals surface area contributed by atoms with Crippen molar-refractivity contribution >= 4 is 29.9 Å². The first-order valence-corrected chi connectivity index (χ1v) is 6.12. The molecule has 18 heavy (non-hydrogen) atoms. The monoisotopic (exact) mass is 271 g/mol. The van der Waals surface area contributed by atoms with Crippen LogP contribution in [0.25, 0.3) is 0 Å². The van der Waals surface area contributed by atoms with Gasteiger partial charge in [0.15, 0.2) is 0 Å². The largest absolute Gasteiger partial charge is 0.496 e. The maximum absolute atomic E-state index is 13.3. The number of nitrogens with two attached hydrogens (primary N) is 1. The Morgan fingerprint density at radius 1 is 1.17 bits per heavy atom. The molecule has 0 spiro atoms. The smallest absolute Gasteiger partial charge is 0.399 e. The molecule has 6 heteroatoms. The normalized spacial score (nSPS) is 21.3. The number of halogens is 2. The predicted molar refractivity (Wildman–Crippen MR) is 71.5 cm³/mol. The first-order valence-electron chi connectivity index (χ1n) is 5.75. The molecule has 1 aliphatic heterocycles. The zero-order valence-corrected chi connectivity index (χ0v) is 11.6. The van der Waals surface area contributed by atoms with Gasteiger partial charge in [-0.3, -0.25) is 0 Å². The summed E-state index contributed by atoms with van der Waals surface area (Å²) < 4.78 is 24.9. The van der Waals surface area contributed by atoms with Gasteiger partial charge in [0.2, 0.25) is 0 Å². The van der Waals surface area contributed by atoms with Crippen molar-refractivity contribution in [1.29, 1.82) is 0 Å². The summed E-state index contributed by atoms with van der Waals surface area (Å²) >= 11 is 6.04. The molecule has 0 unspecified atom stereocenters. The van der Waals surface area contributed by atoms with E-state index < -0.39 is 24.1 Å². The van der Waals surface area contributed by atoms with E-state index in [-0.39, 0.29) is 10.7 Å². The van der Waals surface area contributed by atoms with E-state index in [1.165, 1.54) is 12.1 Å². The van der Waals surface area contributed by atoms with Crippen LogP contribution in [-0.4, -0.2) is 18.3 Å². The lowest BCUT2D eigenvalue weighted by Gasteiger charge is -2.32. The molecular weight excluding hydrogens is 255 g/mol. The molecule has 2 rings (SSSR count). The highest BCUT2D eigenvalue weighted by Crippen LogP contribution is 2.37. The Balaban J connectivity index is 2.39. The first-order chi connectivity index (χ1) is 8.16. The molecule has 2 N–H and O–H groups in total. The van der Waals surface area contributed by atoms with Gasteiger partial charge in [-0.2, -0.15) is 0 Å². The highest BCUT2D eigenvalue weighted by atomic mass is 35.5. The number of hydrogen-bond acceptors (Lipinski definition) is 3. The number of hydrogen-bond donors (Lipinski definition) is 1. The minimum absolute atomic E-state index is 0.0797. The van der Waals surface area contributed by atoms with E-state index in [9.17, 15) is 4.39 Å². The Bertz CT molecular complexity index is 477. The minimum atomic E-state index is -0.634. The standard InChI is InChI=1S/C12H16BClFNO2/c1-11(2)12(3,4)18-13(17-11)7-5-6-8(15)10(16)9(7)14/h5-6H,16H2,1-4H3. The third kappa shape index (κ3) is 2.00. The fraction of sp³-hybridized carbons (Fsp3) is 0.500. The van der Waals surface area contributed by atoms with Crippen LogP contribution in [0.4, 0.5) is 10.1 Å². The molecule has 0 aromatic heterocycles. The van der Waals surface area contributed by atoms with Gasteiger partial charge >= 0.3 is 7.12 Å². The minimum Gasteiger partial charge on any atom is -0.399 e. The zero-order valence-electron chi connectivity index (χ0n) is 10.9. The lowest BCUT2D eigenvalue weighted by molar-refractivity contribution is 0.00578. The van der Waals surface area contributed by atoms with Crippen molar-refractivity contribution in [2.75, 3.05) is 5.73 Å². The molecule has 1 aromatic rings. The Kier molecular flexibility index (Phi) is 3.12. The van der Waals surface area contributed by atoms with Crippen molar-refractivity contribution in [1.82, 2.24) is 0 Å². The second-order valence-electron chi connectivity index (χ2n) is 5.45. The third-order valence-corrected chi connectivity index (χ3v) is 4.09. The second-order valence-corrected chi connectivity index (χ2v) is 5.83. The molecule has 0 aliphatic carbocycles. The molecule has 98 valence electrons. The van der Waals surface area contributed by atoms with Crippen molar-refractivity contribution in [3.8, 4) is 0 Å². The van der Waals surface area contributed by atoms with Gasteiger partial charge in [0, 0.05) is 5.46 Å². The predicted octanol–water partition coefficient (Wildman–Crippen LogP) is 2.36. The lowest BCUT2D eigenvalue weighted by atomic mass is 9.79. The Hall–Kier alpha value is -0.775. The summed E-state index contributed by atoms with van der Waals surface area (Å²) in [5.74, 6) is -0.541. The van der Waals surface area contributed by atoms with Crippen LogP contribution in [0.15, 0.2) is 12.1 Å². The molecule has 1 heterocycles. The summed E-state index contributed by atoms with van der Waals surface area (Å²) in [7, 11) is -0.634. The molecule has 0 saturated carbocycles. The van der Waals surface area contributed by atoms with E-state index in [4.69, 9.17) is 26.6 Å². The van der Waals surface area contributed by atoms with Gasteiger partial charge in [-0.25, -0.2) is 4.39 Å². The summed E-state index contributed by atoms with van der Waals surface area (Å²) in [6, 6.07) is 2.80. The summed E-state index contributed by atoms with van der Waals surface area (Å²) in [6.45, 7) is 7.75. The number of rotatable bonds is 1. The van der Waals surface area contributed by atoms with Gasteiger partial charge in [0.25, 0.3) is 0 Å². The van der Waals surface area contributed by atoms with Gasteiger partial charge in [0.1, 0.15) is 5.82 Å². The second kappa shape index (κ2) is 4.12. The highest BCUT2D eigenvalue weighted by Gasteiger charge is 2.52. The molecule has 0 radical (unpaired) electrons. The van der Waals surface area contributed by atoms with E-state index in [2.05, 4.69) is 0 Å². The van der Waals surface area contributed by atoms with Crippen LogP contribution in [0, 0.1) is 5.82 Å². The molecule has 1 aliphatic rings. The summed E-state index contributed by atoms with van der Waals surface area (Å²) in [5, 5.41) is 0.147. The fourth-order valence-electron chi connectivity index (χ4n) is 1.74. The molecule has 0 bridgehead atoms. The first kappa shape index (κ1) is 13.7. The van der Waals surface area contributed by atoms with Crippen LogP contribution < -0.4 is 11.2 Å². The quantitative estimate of drug-likeness (QED) is 0.630. The van der Waals surface area contributed by atoms with Gasteiger partial charge in [-0.05, 0) is 33.8 Å². The molecule has 1 fully saturated rings. The van der Waals surface area contributed by atoms with E-state index in [1.807, 2.05) is 27.7 Å². The molecular formula is C12H16BClFNO2. The summed E-state index contributed by atoms with van der Waals surface area (Å²) in [5.41, 5.74) is 5.10. The van der Waals surface area contributed by atoms with Crippen molar-refractivity contribution in [3.05, 3.63) is 23.0 Å². The van der Waals surface area contributed by atoms with Crippen LogP contribution >= 0.6 is 11.6 Å². The van der Waals surface area contributed by atoms with Gasteiger partial charge in [-0.1, -0.05) is 17.7 Å². The molecule has 0 atom stereocenters. The zero-order chi connectivity index (χ0) is 13.7. The average Bonchev–Trinajstić information content (AvgIpc) is 2.45. The molecule has 3 nitrogen and oxygen atoms in total. The number of anilines is 1. The van der Waals surface area contributed by atoms with Gasteiger partial charge in [-0.15, -0.1) is 0 Å². The van der Waals surface area contributed by atoms with Crippen molar-refractivity contribution in [2.24, 2.45) is 0 Å². The van der Waals surface area contributed by atoms with Crippen LogP contribution in [0.3, 0.4) is 0 Å². The van der Waals surface area contributed by atoms with Crippen molar-refractivity contribution in [3.63, 3.8) is 0 Å². The van der Waals surface area contributed by atoms with E-state index in [0.29, 0.717) is 5.46 Å². The third-order valence-electron chi connectivity index (χ3n) is 3.66. The van der Waals surface area contributed by atoms with Crippen molar-refractivity contribution in [2.45, 2.75) is 38.9 Å². The highest BCUT2D eigenvalue weighted by molar-refractivity contribution is 6.66. The SMILES string of the molecule is CC1(C)OB(c2ccc(F)c(N)c2Cl)OC1(C)C. The molecule has 1 saturated heterocycles. The Morgan fingerprint density at radius 2 is 1.67 bits per heavy atom. The summed E-state index contributed by atoms with van der Waals surface area (Å²) in [6.07, 6.45) is 0. The van der Waals surface area contributed by atoms with Crippen molar-refractivity contribution < 1.29 is 13.7 Å². The molecule has 0 amide bonds. The van der Waals surface area contributed by atoms with Crippen LogP contribution in [0.1, 0.15) is 27.7 Å². The lowest BCUT2D eigenvalue weighted by Crippen LogP contribution is -2.41. The van der Waals surface area contributed by atoms with Crippen LogP contribution in [-0.2, 0) is 9.31 Å². The summed E-state index contributed by atoms with van der Waals surface area (Å²) in [4.78, 5) is 0. The fourth-order valence-corrected chi connectivity index (χ4v) is 1.98. The average molecular weight is 272 g/mol. The molecule has 1 aromatic carbocycles. The maximum Gasteiger partial charge on any atom is 0.496 e. The van der Waals surface area contributed by atoms with E-state index in [1.54, 1.807) is 0 Å². The van der Waals surface area contributed by atoms with Crippen LogP contribution in [0.2, 0.25) is 5.02 Å². The topological polar surface area (TPSA) is 44.5 Å². The Labute approximate surface area is 112 Å². The van der Waals surface area contributed by atoms with Crippen LogP contribution in [0.5, 0.6) is 0 Å². The van der Waals surface area contributed by atoms with Gasteiger partial charge < -0.3 is 15.0 Å². The van der Waals surface area contributed by atoms with E-state index in [0.717, 1.165) is 0 Å².